The van der Waals surface area contributed by atoms with Crippen LogP contribution in [0, 0.1) is 11.3 Å². The third-order valence-corrected chi connectivity index (χ3v) is 5.99. The lowest BCUT2D eigenvalue weighted by molar-refractivity contribution is 0.0675. The van der Waals surface area contributed by atoms with Crippen molar-refractivity contribution in [3.8, 4) is 0 Å². The van der Waals surface area contributed by atoms with Crippen molar-refractivity contribution in [3.05, 3.63) is 18.0 Å². The molecular formula is C19H35N5. The molecule has 2 saturated heterocycles. The van der Waals surface area contributed by atoms with Gasteiger partial charge in [0.05, 0.1) is 6.20 Å². The van der Waals surface area contributed by atoms with Crippen molar-refractivity contribution in [3.63, 3.8) is 0 Å². The number of nitrogens with one attached hydrogen (secondary N) is 1. The minimum atomic E-state index is 0.442. The largest absolute Gasteiger partial charge is 0.316 e. The van der Waals surface area contributed by atoms with E-state index in [-0.39, 0.29) is 0 Å². The fraction of sp³-hybridized carbons (Fsp3) is 0.842. The Morgan fingerprint density at radius 3 is 2.92 bits per heavy atom. The summed E-state index contributed by atoms with van der Waals surface area (Å²) in [5.41, 5.74) is 1.84. The van der Waals surface area contributed by atoms with Gasteiger partial charge >= 0.3 is 0 Å². The maximum atomic E-state index is 4.44. The van der Waals surface area contributed by atoms with Crippen LogP contribution in [0.2, 0.25) is 0 Å². The Kier molecular flexibility index (Phi) is 5.63. The first-order chi connectivity index (χ1) is 11.5. The molecule has 0 bridgehead atoms. The van der Waals surface area contributed by atoms with E-state index in [4.69, 9.17) is 0 Å². The first-order valence-corrected chi connectivity index (χ1v) is 9.62. The van der Waals surface area contributed by atoms with E-state index in [0.717, 1.165) is 13.1 Å². The van der Waals surface area contributed by atoms with Gasteiger partial charge in [0.15, 0.2) is 0 Å². The number of likely N-dealkylation sites (tertiary alicyclic amines) is 1. The number of hydrogen-bond donors (Lipinski definition) is 1. The Hall–Kier alpha value is -0.910. The van der Waals surface area contributed by atoms with Crippen LogP contribution in [0.25, 0.3) is 0 Å². The summed E-state index contributed by atoms with van der Waals surface area (Å²) >= 11 is 0. The summed E-state index contributed by atoms with van der Waals surface area (Å²) < 4.78 is 1.95. The van der Waals surface area contributed by atoms with E-state index in [1.54, 1.807) is 0 Å². The number of rotatable bonds is 6. The monoisotopic (exact) mass is 333 g/mol. The highest BCUT2D eigenvalue weighted by atomic mass is 15.3. The Morgan fingerprint density at radius 2 is 2.29 bits per heavy atom. The lowest BCUT2D eigenvalue weighted by Gasteiger charge is -2.42. The summed E-state index contributed by atoms with van der Waals surface area (Å²) in [6.07, 6.45) is 8.24. The van der Waals surface area contributed by atoms with Gasteiger partial charge in [0.2, 0.25) is 0 Å². The normalized spacial score (nSPS) is 31.9. The lowest BCUT2D eigenvalue weighted by atomic mass is 9.84. The van der Waals surface area contributed by atoms with Crippen LogP contribution < -0.4 is 5.32 Å². The van der Waals surface area contributed by atoms with Gasteiger partial charge in [0, 0.05) is 44.5 Å². The number of aryl methyl sites for hydroxylation is 1. The molecule has 5 nitrogen and oxygen atoms in total. The predicted molar refractivity (Wildman–Crippen MR) is 99.0 cm³/mol. The molecule has 3 rings (SSSR count). The lowest BCUT2D eigenvalue weighted by Crippen LogP contribution is -2.44. The molecule has 1 N–H and O–H groups in total. The van der Waals surface area contributed by atoms with E-state index in [9.17, 15) is 0 Å². The van der Waals surface area contributed by atoms with Crippen molar-refractivity contribution < 1.29 is 0 Å². The molecule has 1 aromatic rings. The quantitative estimate of drug-likeness (QED) is 0.865. The molecule has 136 valence electrons. The minimum absolute atomic E-state index is 0.442. The van der Waals surface area contributed by atoms with Gasteiger partial charge in [-0.25, -0.2) is 0 Å². The smallest absolute Gasteiger partial charge is 0.0537 e. The van der Waals surface area contributed by atoms with Crippen molar-refractivity contribution in [1.29, 1.82) is 0 Å². The van der Waals surface area contributed by atoms with Crippen LogP contribution in [0.1, 0.15) is 44.7 Å². The fourth-order valence-electron chi connectivity index (χ4n) is 4.89. The zero-order valence-corrected chi connectivity index (χ0v) is 16.0. The zero-order chi connectivity index (χ0) is 17.2. The van der Waals surface area contributed by atoms with Gasteiger partial charge in [-0.1, -0.05) is 13.8 Å². The van der Waals surface area contributed by atoms with E-state index in [2.05, 4.69) is 53.5 Å². The molecule has 1 unspecified atom stereocenters. The Balaban J connectivity index is 1.69. The third-order valence-electron chi connectivity index (χ3n) is 5.99. The molecule has 0 saturated carbocycles. The summed E-state index contributed by atoms with van der Waals surface area (Å²) in [5, 5.41) is 7.97. The van der Waals surface area contributed by atoms with Gasteiger partial charge in [0.1, 0.15) is 0 Å². The second-order valence-corrected chi connectivity index (χ2v) is 8.36. The van der Waals surface area contributed by atoms with Gasteiger partial charge < -0.3 is 10.2 Å². The van der Waals surface area contributed by atoms with E-state index in [1.165, 1.54) is 51.0 Å². The molecule has 5 heteroatoms. The van der Waals surface area contributed by atoms with Crippen molar-refractivity contribution >= 4 is 0 Å². The van der Waals surface area contributed by atoms with E-state index in [0.29, 0.717) is 17.4 Å². The Bertz CT molecular complexity index is 520. The maximum Gasteiger partial charge on any atom is 0.0537 e. The van der Waals surface area contributed by atoms with Crippen LogP contribution in [-0.2, 0) is 7.05 Å². The van der Waals surface area contributed by atoms with Crippen LogP contribution >= 0.6 is 0 Å². The van der Waals surface area contributed by atoms with Gasteiger partial charge in [-0.3, -0.25) is 9.58 Å². The van der Waals surface area contributed by atoms with Gasteiger partial charge in [-0.2, -0.15) is 5.10 Å². The number of nitrogens with zero attached hydrogens (tertiary/aromatic N) is 4. The molecule has 2 aliphatic heterocycles. The van der Waals surface area contributed by atoms with Crippen molar-refractivity contribution in [2.24, 2.45) is 18.4 Å². The number of hydrogen-bond acceptors (Lipinski definition) is 4. The summed E-state index contributed by atoms with van der Waals surface area (Å²) in [5.74, 6) is 0.700. The van der Waals surface area contributed by atoms with Crippen molar-refractivity contribution in [2.75, 3.05) is 46.3 Å². The van der Waals surface area contributed by atoms with Crippen LogP contribution in [-0.4, -0.2) is 65.9 Å². The van der Waals surface area contributed by atoms with Crippen LogP contribution in [0.15, 0.2) is 12.4 Å². The average Bonchev–Trinajstić information content (AvgIpc) is 3.15. The molecule has 24 heavy (non-hydrogen) atoms. The highest BCUT2D eigenvalue weighted by Gasteiger charge is 2.35. The molecule has 1 aromatic heterocycles. The van der Waals surface area contributed by atoms with Crippen LogP contribution in [0.4, 0.5) is 0 Å². The molecule has 0 aliphatic carbocycles. The number of piperidine rings is 1. The first-order valence-electron chi connectivity index (χ1n) is 9.62. The first kappa shape index (κ1) is 17.9. The molecule has 0 aromatic carbocycles. The molecule has 2 fully saturated rings. The van der Waals surface area contributed by atoms with Gasteiger partial charge in [0.25, 0.3) is 0 Å². The molecule has 3 heterocycles. The van der Waals surface area contributed by atoms with Crippen LogP contribution in [0.5, 0.6) is 0 Å². The molecular weight excluding hydrogens is 298 g/mol. The standard InChI is InChI=1S/C19H35N5/c1-5-24-10-6-7-16(18(24)17-11-21-23(4)13-17)12-22(3)15-19(2)8-9-20-14-19/h11,13,16,18,20H,5-10,12,14-15H2,1-4H3/t16-,18+,19?/m0/s1. The average molecular weight is 334 g/mol. The van der Waals surface area contributed by atoms with E-state index < -0.39 is 0 Å². The SMILES string of the molecule is CCN1CCC[C@@H](CN(C)CC2(C)CCNC2)[C@@H]1c1cnn(C)c1. The molecule has 2 aliphatic rings. The van der Waals surface area contributed by atoms with E-state index >= 15 is 0 Å². The highest BCUT2D eigenvalue weighted by molar-refractivity contribution is 5.13. The maximum absolute atomic E-state index is 4.44. The predicted octanol–water partition coefficient (Wildman–Crippen LogP) is 2.12. The second kappa shape index (κ2) is 7.54. The molecule has 0 spiro atoms. The number of aromatic nitrogens is 2. The summed E-state index contributed by atoms with van der Waals surface area (Å²) in [6, 6.07) is 0.523. The third kappa shape index (κ3) is 4.01. The topological polar surface area (TPSA) is 36.3 Å². The van der Waals surface area contributed by atoms with Gasteiger partial charge in [-0.15, -0.1) is 0 Å². The summed E-state index contributed by atoms with van der Waals surface area (Å²) in [4.78, 5) is 5.23. The minimum Gasteiger partial charge on any atom is -0.316 e. The van der Waals surface area contributed by atoms with Crippen molar-refractivity contribution in [2.45, 2.75) is 39.2 Å². The molecule has 3 atom stereocenters. The van der Waals surface area contributed by atoms with E-state index in [1.807, 2.05) is 11.7 Å². The fourth-order valence-corrected chi connectivity index (χ4v) is 4.89. The Morgan fingerprint density at radius 1 is 1.46 bits per heavy atom. The molecule has 0 amide bonds. The summed E-state index contributed by atoms with van der Waals surface area (Å²) in [6.45, 7) is 11.8. The summed E-state index contributed by atoms with van der Waals surface area (Å²) in [7, 11) is 4.34. The highest BCUT2D eigenvalue weighted by Crippen LogP contribution is 2.36. The van der Waals surface area contributed by atoms with Crippen LogP contribution in [0.3, 0.4) is 0 Å². The Labute approximate surface area is 147 Å². The van der Waals surface area contributed by atoms with Crippen molar-refractivity contribution in [1.82, 2.24) is 24.9 Å². The second-order valence-electron chi connectivity index (χ2n) is 8.36. The van der Waals surface area contributed by atoms with Gasteiger partial charge in [-0.05, 0) is 57.3 Å². The molecule has 0 radical (unpaired) electrons. The zero-order valence-electron chi connectivity index (χ0n) is 16.0.